The van der Waals surface area contributed by atoms with Crippen molar-refractivity contribution in [2.24, 2.45) is 0 Å². The summed E-state index contributed by atoms with van der Waals surface area (Å²) in [6, 6.07) is 3.75. The van der Waals surface area contributed by atoms with Gasteiger partial charge in [0.25, 0.3) is 0 Å². The molecule has 0 saturated carbocycles. The number of hydrogen-bond acceptors (Lipinski definition) is 5. The van der Waals surface area contributed by atoms with Crippen LogP contribution in [0.3, 0.4) is 0 Å². The second-order valence-corrected chi connectivity index (χ2v) is 4.78. The molecule has 7 nitrogen and oxygen atoms in total. The van der Waals surface area contributed by atoms with Crippen molar-refractivity contribution in [3.8, 4) is 5.75 Å². The molecule has 2 rings (SSSR count). The van der Waals surface area contributed by atoms with Crippen LogP contribution >= 0.6 is 0 Å². The van der Waals surface area contributed by atoms with Crippen molar-refractivity contribution >= 4 is 5.78 Å². The predicted molar refractivity (Wildman–Crippen MR) is 74.5 cm³/mol. The maximum Gasteiger partial charge on any atom is 0.174 e. The van der Waals surface area contributed by atoms with E-state index < -0.39 is 0 Å². The van der Waals surface area contributed by atoms with Crippen LogP contribution in [0.15, 0.2) is 24.5 Å². The van der Waals surface area contributed by atoms with Crippen LogP contribution in [-0.2, 0) is 17.8 Å². The number of aryl methyl sites for hydroxylation is 2. The fourth-order valence-corrected chi connectivity index (χ4v) is 1.92. The van der Waals surface area contributed by atoms with Crippen LogP contribution < -0.4 is 26.3 Å². The lowest BCUT2D eigenvalue weighted by atomic mass is 10.2. The van der Waals surface area contributed by atoms with Crippen molar-refractivity contribution in [1.82, 2.24) is 20.6 Å². The van der Waals surface area contributed by atoms with Gasteiger partial charge in [-0.2, -0.15) is 5.21 Å². The Labute approximate surface area is 139 Å². The van der Waals surface area contributed by atoms with Gasteiger partial charge in [-0.1, -0.05) is 12.1 Å². The summed E-state index contributed by atoms with van der Waals surface area (Å²) in [4.78, 5) is 11.7. The van der Waals surface area contributed by atoms with Crippen molar-refractivity contribution in [3.05, 3.63) is 30.4 Å². The number of halogens is 1. The number of hydrogen-bond donors (Lipinski definition) is 1. The number of aromatic amines is 1. The number of Topliss-reactive ketones (excluding diaryl/α,β-unsaturated/α-hetero) is 1. The predicted octanol–water partition coefficient (Wildman–Crippen LogP) is -2.13. The normalized spacial score (nSPS) is 10.0. The summed E-state index contributed by atoms with van der Waals surface area (Å²) in [6.45, 7) is 3.21. The first kappa shape index (κ1) is 18.2. The van der Waals surface area contributed by atoms with E-state index >= 15 is 0 Å². The summed E-state index contributed by atoms with van der Waals surface area (Å²) in [7, 11) is 0. The van der Waals surface area contributed by atoms with Gasteiger partial charge in [-0.05, 0) is 6.42 Å². The average molecular weight is 370 g/mol. The second-order valence-electron chi connectivity index (χ2n) is 4.78. The first-order valence-corrected chi connectivity index (χ1v) is 7.14. The zero-order chi connectivity index (χ0) is 14.9. The lowest BCUT2D eigenvalue weighted by Crippen LogP contribution is -3.00. The van der Waals surface area contributed by atoms with Crippen molar-refractivity contribution in [2.45, 2.75) is 39.2 Å². The minimum absolute atomic E-state index is 0. The molecule has 0 bridgehead atoms. The van der Waals surface area contributed by atoms with Gasteiger partial charge in [0.1, 0.15) is 18.9 Å². The molecule has 0 unspecified atom stereocenters. The number of carbonyl (C=O) groups excluding carboxylic acids is 1. The summed E-state index contributed by atoms with van der Waals surface area (Å²) in [6.07, 6.45) is 6.80. The minimum atomic E-state index is 0. The van der Waals surface area contributed by atoms with E-state index in [1.165, 1.54) is 0 Å². The summed E-state index contributed by atoms with van der Waals surface area (Å²) < 4.78 is 7.56. The number of carbonyl (C=O) groups is 1. The number of rotatable bonds is 9. The zero-order valence-corrected chi connectivity index (χ0v) is 14.1. The number of pyridine rings is 1. The van der Waals surface area contributed by atoms with Gasteiger partial charge >= 0.3 is 0 Å². The molecule has 0 saturated heterocycles. The molecule has 0 aliphatic heterocycles. The maximum absolute atomic E-state index is 11.7. The molecule has 1 N–H and O–H groups in total. The third kappa shape index (κ3) is 6.30. The van der Waals surface area contributed by atoms with Crippen molar-refractivity contribution in [1.29, 1.82) is 0 Å². The number of nitrogens with one attached hydrogen (secondary N) is 1. The molecule has 0 atom stereocenters. The third-order valence-corrected chi connectivity index (χ3v) is 2.99. The van der Waals surface area contributed by atoms with Crippen LogP contribution in [0.4, 0.5) is 0 Å². The highest BCUT2D eigenvalue weighted by Crippen LogP contribution is 2.07. The topological polar surface area (TPSA) is 84.6 Å². The van der Waals surface area contributed by atoms with E-state index in [1.54, 1.807) is 0 Å². The van der Waals surface area contributed by atoms with Crippen LogP contribution in [0.1, 0.15) is 32.0 Å². The molecule has 120 valence electrons. The lowest BCUT2D eigenvalue weighted by molar-refractivity contribution is -0.697. The van der Waals surface area contributed by atoms with Crippen LogP contribution in [0.25, 0.3) is 0 Å². The zero-order valence-electron chi connectivity index (χ0n) is 12.5. The largest absolute Gasteiger partial charge is 1.00 e. The van der Waals surface area contributed by atoms with E-state index in [4.69, 9.17) is 4.74 Å². The molecule has 0 radical (unpaired) electrons. The highest BCUT2D eigenvalue weighted by molar-refractivity contribution is 5.79. The van der Waals surface area contributed by atoms with Crippen LogP contribution in [0.2, 0.25) is 0 Å². The number of tetrazole rings is 1. The Hall–Kier alpha value is -1.83. The molecule has 0 amide bonds. The first-order chi connectivity index (χ1) is 10.3. The summed E-state index contributed by atoms with van der Waals surface area (Å²) in [5, 5.41) is 13.5. The quantitative estimate of drug-likeness (QED) is 0.510. The molecule has 0 aliphatic rings. The Morgan fingerprint density at radius 1 is 1.36 bits per heavy atom. The molecule has 2 aromatic rings. The van der Waals surface area contributed by atoms with Gasteiger partial charge < -0.3 is 21.7 Å². The number of aromatic nitrogens is 5. The Morgan fingerprint density at radius 2 is 2.14 bits per heavy atom. The molecule has 2 aromatic heterocycles. The molecule has 0 spiro atoms. The van der Waals surface area contributed by atoms with Crippen LogP contribution in [-0.4, -0.2) is 33.0 Å². The van der Waals surface area contributed by atoms with E-state index in [9.17, 15) is 4.79 Å². The maximum atomic E-state index is 11.7. The fraction of sp³-hybridized carbons (Fsp3) is 0.500. The Kier molecular flexibility index (Phi) is 8.27. The Balaban J connectivity index is 0.00000242. The lowest BCUT2D eigenvalue weighted by Gasteiger charge is -2.04. The number of nitrogens with zero attached hydrogens (tertiary/aromatic N) is 4. The molecule has 0 aromatic carbocycles. The smallest absolute Gasteiger partial charge is 0.174 e. The third-order valence-electron chi connectivity index (χ3n) is 2.99. The number of H-pyrrole nitrogens is 1. The minimum Gasteiger partial charge on any atom is -1.00 e. The fourth-order valence-electron chi connectivity index (χ4n) is 1.92. The molecular weight excluding hydrogens is 350 g/mol. The highest BCUT2D eigenvalue weighted by Gasteiger charge is 2.06. The molecule has 0 fully saturated rings. The van der Waals surface area contributed by atoms with Crippen LogP contribution in [0.5, 0.6) is 5.75 Å². The van der Waals surface area contributed by atoms with Gasteiger partial charge in [0.15, 0.2) is 24.0 Å². The van der Waals surface area contributed by atoms with E-state index in [0.29, 0.717) is 30.8 Å². The molecular formula is C14H20BrN5O2. The van der Waals surface area contributed by atoms with E-state index in [2.05, 4.69) is 32.1 Å². The standard InChI is InChI=1S/C14H20N5O2.BrH/c1-2-8-19-9-6-13(7-10-19)21-11-12(20)4-3-5-14-15-17-18-16-14;/h6-7,9-10H,2-5,8,11H2,1H3,(H,15,16,17,18);1H/q+1;/p-1. The SMILES string of the molecule is CCC[n+]1ccc(OCC(=O)CCCc2nn[nH]n2)cc1.[Br-]. The van der Waals surface area contributed by atoms with Gasteiger partial charge in [-0.25, -0.2) is 4.57 Å². The van der Waals surface area contributed by atoms with Crippen molar-refractivity contribution in [2.75, 3.05) is 6.61 Å². The molecule has 2 heterocycles. The highest BCUT2D eigenvalue weighted by atomic mass is 79.9. The van der Waals surface area contributed by atoms with E-state index in [-0.39, 0.29) is 29.4 Å². The van der Waals surface area contributed by atoms with Gasteiger partial charge in [-0.3, -0.25) is 4.79 Å². The van der Waals surface area contributed by atoms with Gasteiger partial charge in [0.05, 0.1) is 0 Å². The van der Waals surface area contributed by atoms with E-state index in [0.717, 1.165) is 13.0 Å². The number of ketones is 1. The monoisotopic (exact) mass is 369 g/mol. The molecule has 22 heavy (non-hydrogen) atoms. The summed E-state index contributed by atoms with van der Waals surface area (Å²) >= 11 is 0. The van der Waals surface area contributed by atoms with Crippen molar-refractivity contribution < 1.29 is 31.1 Å². The van der Waals surface area contributed by atoms with Gasteiger partial charge in [-0.15, -0.1) is 10.2 Å². The summed E-state index contributed by atoms with van der Waals surface area (Å²) in [5.41, 5.74) is 0. The van der Waals surface area contributed by atoms with Crippen molar-refractivity contribution in [3.63, 3.8) is 0 Å². The number of ether oxygens (including phenoxy) is 1. The Morgan fingerprint density at radius 3 is 2.77 bits per heavy atom. The Bertz CT molecular complexity index is 545. The first-order valence-electron chi connectivity index (χ1n) is 7.14. The van der Waals surface area contributed by atoms with Gasteiger partial charge in [0, 0.05) is 31.4 Å². The summed E-state index contributed by atoms with van der Waals surface area (Å²) in [5.74, 6) is 1.42. The average Bonchev–Trinajstić information content (AvgIpc) is 3.00. The molecule has 0 aliphatic carbocycles. The molecule has 8 heteroatoms. The van der Waals surface area contributed by atoms with Crippen LogP contribution in [0, 0.1) is 0 Å². The van der Waals surface area contributed by atoms with Gasteiger partial charge in [0.2, 0.25) is 0 Å². The van der Waals surface area contributed by atoms with E-state index in [1.807, 2.05) is 24.5 Å². The second kappa shape index (κ2) is 9.99.